The first-order valence-corrected chi connectivity index (χ1v) is 7.54. The number of alkyl halides is 3. The van der Waals surface area contributed by atoms with Crippen LogP contribution in [0, 0.1) is 6.92 Å². The molecule has 2 rings (SSSR count). The zero-order valence-corrected chi connectivity index (χ0v) is 13.9. The van der Waals surface area contributed by atoms with Crippen molar-refractivity contribution in [1.82, 2.24) is 9.88 Å². The molecule has 0 amide bonds. The maximum absolute atomic E-state index is 12.7. The molecule has 0 atom stereocenters. The third-order valence-corrected chi connectivity index (χ3v) is 3.78. The van der Waals surface area contributed by atoms with Gasteiger partial charge in [0.05, 0.1) is 12.1 Å². The number of hydrogen-bond donors (Lipinski definition) is 2. The number of guanidine groups is 1. The fourth-order valence-electron chi connectivity index (χ4n) is 2.18. The molecule has 0 bridgehead atoms. The second-order valence-corrected chi connectivity index (χ2v) is 5.62. The third-order valence-electron chi connectivity index (χ3n) is 3.78. The number of aromatic nitrogens is 1. The normalized spacial score (nSPS) is 12.3. The lowest BCUT2D eigenvalue weighted by Gasteiger charge is -2.09. The number of benzene rings is 1. The van der Waals surface area contributed by atoms with Gasteiger partial charge in [0.25, 0.3) is 5.56 Å². The molecule has 2 aromatic rings. The Labute approximate surface area is 143 Å². The second kappa shape index (κ2) is 7.42. The SMILES string of the molecule is Cc1ccc(CNC(N)=NCc2cccc(C(F)(F)F)c2)c(=O)n1C. The van der Waals surface area contributed by atoms with E-state index in [1.165, 1.54) is 10.6 Å². The van der Waals surface area contributed by atoms with E-state index in [2.05, 4.69) is 10.3 Å². The van der Waals surface area contributed by atoms with Crippen LogP contribution in [0.2, 0.25) is 0 Å². The zero-order chi connectivity index (χ0) is 18.6. The summed E-state index contributed by atoms with van der Waals surface area (Å²) >= 11 is 0. The van der Waals surface area contributed by atoms with Gasteiger partial charge in [0, 0.05) is 24.8 Å². The Morgan fingerprint density at radius 1 is 1.28 bits per heavy atom. The summed E-state index contributed by atoms with van der Waals surface area (Å²) in [5.74, 6) is 0.0556. The Morgan fingerprint density at radius 3 is 2.68 bits per heavy atom. The molecule has 0 saturated heterocycles. The summed E-state index contributed by atoms with van der Waals surface area (Å²) in [4.78, 5) is 16.1. The smallest absolute Gasteiger partial charge is 0.370 e. The van der Waals surface area contributed by atoms with E-state index >= 15 is 0 Å². The lowest BCUT2D eigenvalue weighted by molar-refractivity contribution is -0.137. The first-order valence-electron chi connectivity index (χ1n) is 7.54. The molecule has 25 heavy (non-hydrogen) atoms. The van der Waals surface area contributed by atoms with Crippen LogP contribution in [0.1, 0.15) is 22.4 Å². The monoisotopic (exact) mass is 352 g/mol. The minimum atomic E-state index is -4.39. The van der Waals surface area contributed by atoms with Crippen molar-refractivity contribution in [3.8, 4) is 0 Å². The van der Waals surface area contributed by atoms with E-state index in [9.17, 15) is 18.0 Å². The van der Waals surface area contributed by atoms with E-state index in [4.69, 9.17) is 5.73 Å². The molecule has 1 heterocycles. The average molecular weight is 352 g/mol. The molecule has 5 nitrogen and oxygen atoms in total. The highest BCUT2D eigenvalue weighted by molar-refractivity contribution is 5.77. The summed E-state index contributed by atoms with van der Waals surface area (Å²) in [7, 11) is 1.67. The molecular weight excluding hydrogens is 333 g/mol. The van der Waals surface area contributed by atoms with Crippen molar-refractivity contribution in [3.63, 3.8) is 0 Å². The molecule has 1 aromatic heterocycles. The topological polar surface area (TPSA) is 72.4 Å². The van der Waals surface area contributed by atoms with Gasteiger partial charge in [-0.1, -0.05) is 18.2 Å². The van der Waals surface area contributed by atoms with Crippen molar-refractivity contribution in [3.05, 3.63) is 69.1 Å². The molecule has 1 aromatic carbocycles. The van der Waals surface area contributed by atoms with Gasteiger partial charge in [0.2, 0.25) is 0 Å². The van der Waals surface area contributed by atoms with Crippen LogP contribution < -0.4 is 16.6 Å². The summed E-state index contributed by atoms with van der Waals surface area (Å²) in [6, 6.07) is 8.42. The standard InChI is InChI=1S/C17H19F3N4O/c1-11-6-7-13(15(25)24(11)2)10-23-16(21)22-9-12-4-3-5-14(8-12)17(18,19)20/h3-8H,9-10H2,1-2H3,(H3,21,22,23). The molecule has 0 aliphatic rings. The number of aliphatic imine (C=N–C) groups is 1. The van der Waals surface area contributed by atoms with Gasteiger partial charge in [-0.15, -0.1) is 0 Å². The number of rotatable bonds is 4. The van der Waals surface area contributed by atoms with Crippen LogP contribution in [-0.2, 0) is 26.3 Å². The van der Waals surface area contributed by atoms with Crippen LogP contribution in [0.15, 0.2) is 46.2 Å². The molecule has 0 spiro atoms. The van der Waals surface area contributed by atoms with Gasteiger partial charge in [-0.2, -0.15) is 13.2 Å². The summed E-state index contributed by atoms with van der Waals surface area (Å²) < 4.78 is 39.5. The van der Waals surface area contributed by atoms with Crippen molar-refractivity contribution in [2.24, 2.45) is 17.8 Å². The number of aryl methyl sites for hydroxylation is 1. The number of nitrogens with two attached hydrogens (primary N) is 1. The zero-order valence-electron chi connectivity index (χ0n) is 13.9. The Bertz CT molecular complexity index is 841. The fraction of sp³-hybridized carbons (Fsp3) is 0.294. The van der Waals surface area contributed by atoms with Gasteiger partial charge in [-0.25, -0.2) is 4.99 Å². The highest BCUT2D eigenvalue weighted by Gasteiger charge is 2.30. The van der Waals surface area contributed by atoms with E-state index in [0.717, 1.165) is 17.8 Å². The highest BCUT2D eigenvalue weighted by Crippen LogP contribution is 2.29. The van der Waals surface area contributed by atoms with Crippen molar-refractivity contribution >= 4 is 5.96 Å². The molecule has 0 saturated carbocycles. The Balaban J connectivity index is 2.01. The number of hydrogen-bond acceptors (Lipinski definition) is 2. The quantitative estimate of drug-likeness (QED) is 0.655. The van der Waals surface area contributed by atoms with E-state index in [1.54, 1.807) is 19.2 Å². The number of pyridine rings is 1. The first kappa shape index (κ1) is 18.6. The van der Waals surface area contributed by atoms with Crippen LogP contribution in [0.25, 0.3) is 0 Å². The van der Waals surface area contributed by atoms with Crippen molar-refractivity contribution in [2.75, 3.05) is 0 Å². The predicted molar refractivity (Wildman–Crippen MR) is 90.0 cm³/mol. The molecular formula is C17H19F3N4O. The molecule has 0 fully saturated rings. The van der Waals surface area contributed by atoms with Gasteiger partial charge >= 0.3 is 6.18 Å². The van der Waals surface area contributed by atoms with Crippen LogP contribution in [0.4, 0.5) is 13.2 Å². The largest absolute Gasteiger partial charge is 0.416 e. The average Bonchev–Trinajstić information content (AvgIpc) is 2.57. The van der Waals surface area contributed by atoms with E-state index in [-0.39, 0.29) is 24.6 Å². The van der Waals surface area contributed by atoms with Crippen LogP contribution in [0.5, 0.6) is 0 Å². The highest BCUT2D eigenvalue weighted by atomic mass is 19.4. The van der Waals surface area contributed by atoms with E-state index in [0.29, 0.717) is 11.1 Å². The molecule has 3 N–H and O–H groups in total. The molecule has 0 aliphatic carbocycles. The van der Waals surface area contributed by atoms with Crippen LogP contribution >= 0.6 is 0 Å². The summed E-state index contributed by atoms with van der Waals surface area (Å²) in [5, 5.41) is 2.79. The predicted octanol–water partition coefficient (Wildman–Crippen LogP) is 2.32. The molecule has 0 unspecified atom stereocenters. The van der Waals surface area contributed by atoms with E-state index < -0.39 is 11.7 Å². The minimum absolute atomic E-state index is 0.00859. The summed E-state index contributed by atoms with van der Waals surface area (Å²) in [6.07, 6.45) is -4.39. The Kier molecular flexibility index (Phi) is 5.51. The Hall–Kier alpha value is -2.77. The molecule has 0 radical (unpaired) electrons. The maximum Gasteiger partial charge on any atom is 0.416 e. The van der Waals surface area contributed by atoms with Crippen molar-refractivity contribution in [2.45, 2.75) is 26.2 Å². The van der Waals surface area contributed by atoms with Crippen molar-refractivity contribution < 1.29 is 13.2 Å². The lowest BCUT2D eigenvalue weighted by Crippen LogP contribution is -2.34. The number of halogens is 3. The molecule has 8 heteroatoms. The first-order chi connectivity index (χ1) is 11.7. The van der Waals surface area contributed by atoms with Crippen LogP contribution in [0.3, 0.4) is 0 Å². The number of nitrogens with zero attached hydrogens (tertiary/aromatic N) is 2. The third kappa shape index (κ3) is 4.85. The second-order valence-electron chi connectivity index (χ2n) is 5.62. The molecule has 134 valence electrons. The fourth-order valence-corrected chi connectivity index (χ4v) is 2.18. The number of nitrogens with one attached hydrogen (secondary N) is 1. The maximum atomic E-state index is 12.7. The lowest BCUT2D eigenvalue weighted by atomic mass is 10.1. The minimum Gasteiger partial charge on any atom is -0.370 e. The summed E-state index contributed by atoms with van der Waals surface area (Å²) in [5.41, 5.74) is 6.60. The van der Waals surface area contributed by atoms with Gasteiger partial charge < -0.3 is 15.6 Å². The summed E-state index contributed by atoms with van der Waals surface area (Å²) in [6.45, 7) is 2.02. The van der Waals surface area contributed by atoms with Crippen molar-refractivity contribution in [1.29, 1.82) is 0 Å². The molecule has 0 aliphatic heterocycles. The van der Waals surface area contributed by atoms with E-state index in [1.807, 2.05) is 13.0 Å². The Morgan fingerprint density at radius 2 is 2.00 bits per heavy atom. The van der Waals surface area contributed by atoms with Gasteiger partial charge in [-0.3, -0.25) is 4.79 Å². The van der Waals surface area contributed by atoms with Gasteiger partial charge in [0.1, 0.15) is 0 Å². The van der Waals surface area contributed by atoms with Gasteiger partial charge in [0.15, 0.2) is 5.96 Å². The van der Waals surface area contributed by atoms with Gasteiger partial charge in [-0.05, 0) is 30.7 Å². The van der Waals surface area contributed by atoms with Crippen LogP contribution in [-0.4, -0.2) is 10.5 Å².